The molecule has 0 bridgehead atoms. The zero-order chi connectivity index (χ0) is 18.8. The van der Waals surface area contributed by atoms with Gasteiger partial charge < -0.3 is 10.3 Å². The Morgan fingerprint density at radius 3 is 2.67 bits per heavy atom. The monoisotopic (exact) mass is 375 g/mol. The van der Waals surface area contributed by atoms with E-state index in [0.29, 0.717) is 38.4 Å². The van der Waals surface area contributed by atoms with E-state index in [9.17, 15) is 9.59 Å². The molecule has 0 spiro atoms. The molecule has 1 amide bonds. The third kappa shape index (κ3) is 3.32. The van der Waals surface area contributed by atoms with E-state index < -0.39 is 0 Å². The van der Waals surface area contributed by atoms with Crippen molar-refractivity contribution in [3.05, 3.63) is 93.9 Å². The number of nitrogens with one attached hydrogen (secondary N) is 2. The quantitative estimate of drug-likeness (QED) is 0.553. The summed E-state index contributed by atoms with van der Waals surface area (Å²) in [6, 6.07) is 17.2. The maximum absolute atomic E-state index is 12.8. The van der Waals surface area contributed by atoms with Crippen LogP contribution in [0.4, 0.5) is 5.69 Å². The molecule has 0 fully saturated rings. The van der Waals surface area contributed by atoms with Crippen LogP contribution in [0.2, 0.25) is 5.02 Å². The number of benzene rings is 2. The maximum Gasteiger partial charge on any atom is 0.257 e. The van der Waals surface area contributed by atoms with Crippen molar-refractivity contribution in [2.24, 2.45) is 0 Å². The number of halogens is 1. The van der Waals surface area contributed by atoms with Gasteiger partial charge in [0, 0.05) is 28.2 Å². The van der Waals surface area contributed by atoms with Gasteiger partial charge in [0.15, 0.2) is 5.43 Å². The molecule has 0 radical (unpaired) electrons. The number of carbonyl (C=O) groups is 1. The molecular weight excluding hydrogens is 362 g/mol. The van der Waals surface area contributed by atoms with Crippen LogP contribution in [0.5, 0.6) is 0 Å². The van der Waals surface area contributed by atoms with Gasteiger partial charge >= 0.3 is 0 Å². The predicted molar refractivity (Wildman–Crippen MR) is 107 cm³/mol. The van der Waals surface area contributed by atoms with Crippen LogP contribution in [-0.2, 0) is 0 Å². The highest BCUT2D eigenvalue weighted by molar-refractivity contribution is 6.33. The Hall–Kier alpha value is -3.44. The number of amides is 1. The molecule has 0 aliphatic carbocycles. The number of rotatable bonds is 3. The standard InChI is InChI=1S/C21H14ClN3O2/c22-17-9-2-1-6-14(17)18-11-19(26)15-7-3-8-16(20(15)25-18)21(27)24-13-5-4-10-23-12-13/h1-12H,(H,24,27)(H,25,26). The first-order valence-electron chi connectivity index (χ1n) is 8.26. The number of aromatic nitrogens is 2. The zero-order valence-electron chi connectivity index (χ0n) is 14.1. The predicted octanol–water partition coefficient (Wildman–Crippen LogP) is 4.50. The Balaban J connectivity index is 1.86. The minimum absolute atomic E-state index is 0.185. The van der Waals surface area contributed by atoms with Crippen LogP contribution in [0.25, 0.3) is 22.2 Å². The first-order chi connectivity index (χ1) is 13.1. The molecule has 27 heavy (non-hydrogen) atoms. The minimum atomic E-state index is -0.333. The van der Waals surface area contributed by atoms with Gasteiger partial charge in [-0.05, 0) is 30.3 Å². The lowest BCUT2D eigenvalue weighted by Crippen LogP contribution is -2.14. The smallest absolute Gasteiger partial charge is 0.257 e. The van der Waals surface area contributed by atoms with Crippen molar-refractivity contribution in [1.82, 2.24) is 9.97 Å². The Morgan fingerprint density at radius 1 is 1.04 bits per heavy atom. The van der Waals surface area contributed by atoms with Gasteiger partial charge in [0.25, 0.3) is 5.91 Å². The summed E-state index contributed by atoms with van der Waals surface area (Å²) in [4.78, 5) is 32.6. The fourth-order valence-electron chi connectivity index (χ4n) is 2.92. The molecule has 0 saturated heterocycles. The fourth-order valence-corrected chi connectivity index (χ4v) is 3.16. The second-order valence-electron chi connectivity index (χ2n) is 5.95. The lowest BCUT2D eigenvalue weighted by Gasteiger charge is -2.10. The van der Waals surface area contributed by atoms with Gasteiger partial charge in [-0.1, -0.05) is 35.9 Å². The summed E-state index contributed by atoms with van der Waals surface area (Å²) in [6.07, 6.45) is 3.18. The molecule has 2 aromatic carbocycles. The van der Waals surface area contributed by atoms with Gasteiger partial charge in [0.1, 0.15) is 0 Å². The number of nitrogens with zero attached hydrogens (tertiary/aromatic N) is 1. The first kappa shape index (κ1) is 17.0. The van der Waals surface area contributed by atoms with Crippen molar-refractivity contribution in [1.29, 1.82) is 0 Å². The van der Waals surface area contributed by atoms with E-state index >= 15 is 0 Å². The van der Waals surface area contributed by atoms with Gasteiger partial charge in [0.2, 0.25) is 0 Å². The van der Waals surface area contributed by atoms with E-state index in [1.165, 1.54) is 6.07 Å². The van der Waals surface area contributed by atoms with Crippen LogP contribution in [0, 0.1) is 0 Å². The average molecular weight is 376 g/mol. The van der Waals surface area contributed by atoms with Gasteiger partial charge in [-0.2, -0.15) is 0 Å². The number of carbonyl (C=O) groups excluding carboxylic acids is 1. The van der Waals surface area contributed by atoms with Crippen molar-refractivity contribution in [2.45, 2.75) is 0 Å². The van der Waals surface area contributed by atoms with Crippen LogP contribution < -0.4 is 10.7 Å². The molecule has 4 aromatic rings. The van der Waals surface area contributed by atoms with E-state index in [4.69, 9.17) is 11.6 Å². The second-order valence-corrected chi connectivity index (χ2v) is 6.36. The van der Waals surface area contributed by atoms with Crippen LogP contribution in [0.1, 0.15) is 10.4 Å². The summed E-state index contributed by atoms with van der Waals surface area (Å²) in [5.41, 5.74) is 2.46. The van der Waals surface area contributed by atoms with Crippen molar-refractivity contribution in [3.63, 3.8) is 0 Å². The fraction of sp³-hybridized carbons (Fsp3) is 0. The number of anilines is 1. The lowest BCUT2D eigenvalue weighted by atomic mass is 10.1. The summed E-state index contributed by atoms with van der Waals surface area (Å²) in [6.45, 7) is 0. The van der Waals surface area contributed by atoms with Crippen LogP contribution >= 0.6 is 11.6 Å². The molecular formula is C21H14ClN3O2. The van der Waals surface area contributed by atoms with Gasteiger partial charge in [-0.3, -0.25) is 14.6 Å². The summed E-state index contributed by atoms with van der Waals surface area (Å²) in [5.74, 6) is -0.333. The van der Waals surface area contributed by atoms with E-state index in [1.807, 2.05) is 18.2 Å². The number of pyridine rings is 2. The Bertz CT molecular complexity index is 1200. The molecule has 6 heteroatoms. The minimum Gasteiger partial charge on any atom is -0.354 e. The third-order valence-electron chi connectivity index (χ3n) is 4.19. The summed E-state index contributed by atoms with van der Waals surface area (Å²) < 4.78 is 0. The maximum atomic E-state index is 12.8. The highest BCUT2D eigenvalue weighted by atomic mass is 35.5. The number of fused-ring (bicyclic) bond motifs is 1. The molecule has 4 rings (SSSR count). The largest absolute Gasteiger partial charge is 0.354 e. The van der Waals surface area contributed by atoms with Gasteiger partial charge in [0.05, 0.1) is 28.7 Å². The molecule has 2 heterocycles. The van der Waals surface area contributed by atoms with Crippen molar-refractivity contribution >= 4 is 34.1 Å². The van der Waals surface area contributed by atoms with Crippen molar-refractivity contribution in [2.75, 3.05) is 5.32 Å². The first-order valence-corrected chi connectivity index (χ1v) is 8.63. The molecule has 5 nitrogen and oxygen atoms in total. The molecule has 0 saturated carbocycles. The third-order valence-corrected chi connectivity index (χ3v) is 4.52. The number of hydrogen-bond acceptors (Lipinski definition) is 3. The summed E-state index contributed by atoms with van der Waals surface area (Å²) >= 11 is 6.26. The Kier molecular flexibility index (Phi) is 4.44. The van der Waals surface area contributed by atoms with Crippen LogP contribution in [0.3, 0.4) is 0 Å². The summed E-state index contributed by atoms with van der Waals surface area (Å²) in [7, 11) is 0. The molecule has 2 aromatic heterocycles. The Labute approximate surface area is 159 Å². The van der Waals surface area contributed by atoms with Crippen LogP contribution in [0.15, 0.2) is 77.9 Å². The lowest BCUT2D eigenvalue weighted by molar-refractivity contribution is 0.102. The molecule has 132 valence electrons. The molecule has 0 aliphatic rings. The molecule has 2 N–H and O–H groups in total. The topological polar surface area (TPSA) is 74.8 Å². The zero-order valence-corrected chi connectivity index (χ0v) is 14.8. The summed E-state index contributed by atoms with van der Waals surface area (Å²) in [5, 5.41) is 3.74. The number of H-pyrrole nitrogens is 1. The van der Waals surface area contributed by atoms with Gasteiger partial charge in [-0.25, -0.2) is 0 Å². The van der Waals surface area contributed by atoms with Gasteiger partial charge in [-0.15, -0.1) is 0 Å². The normalized spacial score (nSPS) is 10.7. The van der Waals surface area contributed by atoms with E-state index in [-0.39, 0.29) is 11.3 Å². The highest BCUT2D eigenvalue weighted by Crippen LogP contribution is 2.27. The highest BCUT2D eigenvalue weighted by Gasteiger charge is 2.14. The Morgan fingerprint density at radius 2 is 1.89 bits per heavy atom. The number of aromatic amines is 1. The number of hydrogen-bond donors (Lipinski definition) is 2. The average Bonchev–Trinajstić information content (AvgIpc) is 2.68. The van der Waals surface area contributed by atoms with E-state index in [0.717, 1.165) is 0 Å². The van der Waals surface area contributed by atoms with Crippen molar-refractivity contribution in [3.8, 4) is 11.3 Å². The second kappa shape index (κ2) is 7.05. The molecule has 0 aliphatic heterocycles. The molecule has 0 unspecified atom stereocenters. The SMILES string of the molecule is O=C(Nc1cccnc1)c1cccc2c(=O)cc(-c3ccccc3Cl)[nH]c12. The van der Waals surface area contributed by atoms with E-state index in [2.05, 4.69) is 15.3 Å². The van der Waals surface area contributed by atoms with Crippen LogP contribution in [-0.4, -0.2) is 15.9 Å². The van der Waals surface area contributed by atoms with E-state index in [1.54, 1.807) is 48.8 Å². The van der Waals surface area contributed by atoms with Crippen molar-refractivity contribution < 1.29 is 4.79 Å². The molecule has 0 atom stereocenters. The number of para-hydroxylation sites is 1.